The summed E-state index contributed by atoms with van der Waals surface area (Å²) in [5, 5.41) is 0. The summed E-state index contributed by atoms with van der Waals surface area (Å²) in [7, 11) is -0.297. The second-order valence-corrected chi connectivity index (χ2v) is 11.9. The summed E-state index contributed by atoms with van der Waals surface area (Å²) < 4.78 is 23.1. The molecule has 0 bridgehead atoms. The Morgan fingerprint density at radius 2 is 1.45 bits per heavy atom. The van der Waals surface area contributed by atoms with Crippen LogP contribution in [0.4, 0.5) is 0 Å². The molecule has 0 aliphatic carbocycles. The fraction of sp³-hybridized carbons (Fsp3) is 0.793. The van der Waals surface area contributed by atoms with Gasteiger partial charge in [0, 0.05) is 5.56 Å². The lowest BCUT2D eigenvalue weighted by molar-refractivity contribution is 0.0512. The van der Waals surface area contributed by atoms with Crippen LogP contribution in [0, 0.1) is 38.5 Å². The van der Waals surface area contributed by atoms with E-state index in [1.54, 1.807) is 0 Å². The Kier molecular flexibility index (Phi) is 11.2. The van der Waals surface area contributed by atoms with Gasteiger partial charge in [-0.15, -0.1) is 0 Å². The van der Waals surface area contributed by atoms with Crippen molar-refractivity contribution in [3.8, 4) is 11.5 Å². The van der Waals surface area contributed by atoms with Gasteiger partial charge in [0.25, 0.3) is 0 Å². The van der Waals surface area contributed by atoms with Gasteiger partial charge in [-0.05, 0) is 87.8 Å². The summed E-state index contributed by atoms with van der Waals surface area (Å²) >= 11 is 0. The maximum absolute atomic E-state index is 11.0. The third-order valence-corrected chi connectivity index (χ3v) is 8.22. The Labute approximate surface area is 205 Å². The minimum absolute atomic E-state index is 0.0968. The van der Waals surface area contributed by atoms with Crippen LogP contribution in [0.25, 0.3) is 0 Å². The van der Waals surface area contributed by atoms with Gasteiger partial charge in [-0.3, -0.25) is 0 Å². The standard InChI is InChI=1S/C29H49O3P/c1-20(2)12-9-13-21(3)14-10-15-22(4)16-11-18-29(8)19-17-26-25(7)27(32-33-30)23(5)24(6)28(26)31-29/h20-22H,9-19H2,1-8H3/t21?,22?,29-/m1/s1. The predicted molar refractivity (Wildman–Crippen MR) is 141 cm³/mol. The molecule has 3 atom stereocenters. The second-order valence-electron chi connectivity index (χ2n) is 11.6. The van der Waals surface area contributed by atoms with Crippen LogP contribution >= 0.6 is 8.69 Å². The number of hydrogen-bond donors (Lipinski definition) is 0. The first kappa shape index (κ1) is 28.2. The second kappa shape index (κ2) is 13.1. The Hall–Kier alpha value is -1.08. The molecular weight excluding hydrogens is 427 g/mol. The molecule has 1 aromatic carbocycles. The highest BCUT2D eigenvalue weighted by Gasteiger charge is 2.34. The number of benzene rings is 1. The van der Waals surface area contributed by atoms with Gasteiger partial charge < -0.3 is 9.26 Å². The maximum Gasteiger partial charge on any atom is 0.395 e. The maximum atomic E-state index is 11.0. The van der Waals surface area contributed by atoms with E-state index in [1.165, 1.54) is 56.9 Å². The summed E-state index contributed by atoms with van der Waals surface area (Å²) in [5.41, 5.74) is 4.36. The molecule has 0 amide bonds. The van der Waals surface area contributed by atoms with Crippen molar-refractivity contribution in [3.63, 3.8) is 0 Å². The van der Waals surface area contributed by atoms with Crippen LogP contribution in [0.1, 0.15) is 121 Å². The highest BCUT2D eigenvalue weighted by Crippen LogP contribution is 2.45. The van der Waals surface area contributed by atoms with Gasteiger partial charge >= 0.3 is 8.69 Å². The van der Waals surface area contributed by atoms with Crippen LogP contribution in [0.15, 0.2) is 0 Å². The van der Waals surface area contributed by atoms with Crippen LogP contribution in [-0.4, -0.2) is 5.60 Å². The lowest BCUT2D eigenvalue weighted by Crippen LogP contribution is -2.37. The molecule has 0 fully saturated rings. The lowest BCUT2D eigenvalue weighted by atomic mass is 9.84. The van der Waals surface area contributed by atoms with Gasteiger partial charge in [0.2, 0.25) is 0 Å². The van der Waals surface area contributed by atoms with E-state index in [0.717, 1.165) is 65.2 Å². The summed E-state index contributed by atoms with van der Waals surface area (Å²) in [6.07, 6.45) is 13.9. The molecule has 0 saturated carbocycles. The van der Waals surface area contributed by atoms with Crippen molar-refractivity contribution >= 4 is 8.69 Å². The van der Waals surface area contributed by atoms with Crippen molar-refractivity contribution in [2.24, 2.45) is 17.8 Å². The van der Waals surface area contributed by atoms with Crippen molar-refractivity contribution in [2.45, 2.75) is 132 Å². The van der Waals surface area contributed by atoms with E-state index >= 15 is 0 Å². The number of fused-ring (bicyclic) bond motifs is 1. The largest absolute Gasteiger partial charge is 0.487 e. The molecule has 0 N–H and O–H groups in total. The Morgan fingerprint density at radius 1 is 0.879 bits per heavy atom. The van der Waals surface area contributed by atoms with Crippen LogP contribution in [0.3, 0.4) is 0 Å². The van der Waals surface area contributed by atoms with Gasteiger partial charge in [0.1, 0.15) is 17.1 Å². The van der Waals surface area contributed by atoms with E-state index in [9.17, 15) is 4.57 Å². The third kappa shape index (κ3) is 8.27. The third-order valence-electron chi connectivity index (χ3n) is 7.97. The van der Waals surface area contributed by atoms with Gasteiger partial charge in [-0.1, -0.05) is 72.6 Å². The molecule has 2 rings (SSSR count). The van der Waals surface area contributed by atoms with Crippen molar-refractivity contribution < 1.29 is 13.8 Å². The molecule has 1 aliphatic rings. The average molecular weight is 477 g/mol. The zero-order chi connectivity index (χ0) is 24.6. The molecule has 1 aromatic rings. The van der Waals surface area contributed by atoms with Gasteiger partial charge in [-0.25, -0.2) is 4.57 Å². The predicted octanol–water partition coefficient (Wildman–Crippen LogP) is 9.72. The van der Waals surface area contributed by atoms with E-state index < -0.39 is 0 Å². The van der Waals surface area contributed by atoms with Crippen molar-refractivity contribution in [3.05, 3.63) is 22.3 Å². The Bertz CT molecular complexity index is 773. The van der Waals surface area contributed by atoms with E-state index in [1.807, 2.05) is 6.92 Å². The van der Waals surface area contributed by atoms with Crippen LogP contribution < -0.4 is 9.26 Å². The Morgan fingerprint density at radius 3 is 2.03 bits per heavy atom. The van der Waals surface area contributed by atoms with Crippen LogP contribution in [0.2, 0.25) is 0 Å². The highest BCUT2D eigenvalue weighted by molar-refractivity contribution is 7.17. The summed E-state index contributed by atoms with van der Waals surface area (Å²) in [4.78, 5) is 0. The normalized spacial score (nSPS) is 19.9. The van der Waals surface area contributed by atoms with Crippen molar-refractivity contribution in [1.82, 2.24) is 0 Å². The summed E-state index contributed by atoms with van der Waals surface area (Å²) in [6, 6.07) is 0. The molecule has 1 heterocycles. The van der Waals surface area contributed by atoms with Gasteiger partial charge in [0.05, 0.1) is 0 Å². The molecule has 33 heavy (non-hydrogen) atoms. The molecular formula is C29H49O3P. The quantitative estimate of drug-likeness (QED) is 0.251. The first-order valence-corrected chi connectivity index (χ1v) is 14.1. The monoisotopic (exact) mass is 476 g/mol. The molecule has 1 aliphatic heterocycles. The van der Waals surface area contributed by atoms with Gasteiger partial charge in [-0.2, -0.15) is 0 Å². The lowest BCUT2D eigenvalue weighted by Gasteiger charge is -2.38. The van der Waals surface area contributed by atoms with Crippen molar-refractivity contribution in [2.75, 3.05) is 0 Å². The fourth-order valence-corrected chi connectivity index (χ4v) is 5.78. The SMILES string of the molecule is Cc1c(C)c2c(c(C)c1OP=O)CC[C@@](C)(CCCC(C)CCCC(C)CCCC(C)C)O2. The zero-order valence-electron chi connectivity index (χ0n) is 22.7. The van der Waals surface area contributed by atoms with E-state index in [-0.39, 0.29) is 14.3 Å². The molecule has 0 spiro atoms. The van der Waals surface area contributed by atoms with E-state index in [0.29, 0.717) is 0 Å². The van der Waals surface area contributed by atoms with E-state index in [4.69, 9.17) is 9.26 Å². The topological polar surface area (TPSA) is 35.5 Å². The average Bonchev–Trinajstić information content (AvgIpc) is 2.75. The molecule has 0 aromatic heterocycles. The molecule has 2 unspecified atom stereocenters. The molecule has 188 valence electrons. The zero-order valence-corrected chi connectivity index (χ0v) is 23.6. The first-order valence-electron chi connectivity index (χ1n) is 13.4. The fourth-order valence-electron chi connectivity index (χ4n) is 5.43. The first-order chi connectivity index (χ1) is 15.6. The number of hydrogen-bond acceptors (Lipinski definition) is 3. The summed E-state index contributed by atoms with van der Waals surface area (Å²) in [5.74, 6) is 4.29. The smallest absolute Gasteiger partial charge is 0.395 e. The molecule has 0 radical (unpaired) electrons. The number of rotatable bonds is 14. The molecule has 3 nitrogen and oxygen atoms in total. The van der Waals surface area contributed by atoms with Gasteiger partial charge in [0.15, 0.2) is 0 Å². The molecule has 0 saturated heterocycles. The van der Waals surface area contributed by atoms with Crippen molar-refractivity contribution in [1.29, 1.82) is 0 Å². The minimum Gasteiger partial charge on any atom is -0.487 e. The minimum atomic E-state index is -0.297. The summed E-state index contributed by atoms with van der Waals surface area (Å²) in [6.45, 7) is 18.0. The number of ether oxygens (including phenoxy) is 1. The van der Waals surface area contributed by atoms with Crippen LogP contribution in [-0.2, 0) is 11.0 Å². The highest BCUT2D eigenvalue weighted by atomic mass is 31.1. The molecule has 4 heteroatoms. The van der Waals surface area contributed by atoms with E-state index in [2.05, 4.69) is 48.5 Å². The van der Waals surface area contributed by atoms with Crippen LogP contribution in [0.5, 0.6) is 11.5 Å². The Balaban J connectivity index is 1.80.